The van der Waals surface area contributed by atoms with Crippen LogP contribution in [0.4, 0.5) is 4.39 Å². The number of benzene rings is 1. The number of ketones is 1. The minimum atomic E-state index is -0.550. The Morgan fingerprint density at radius 3 is 2.79 bits per heavy atom. The van der Waals surface area contributed by atoms with E-state index < -0.39 is 6.67 Å². The van der Waals surface area contributed by atoms with Gasteiger partial charge in [0.05, 0.1) is 5.56 Å². The number of alkyl halides is 1. The number of Topliss-reactive ketones (excluding diaryl/α,β-unsaturated/α-hetero) is 1. The van der Waals surface area contributed by atoms with Gasteiger partial charge in [0.15, 0.2) is 5.78 Å². The zero-order chi connectivity index (χ0) is 10.6. The minimum absolute atomic E-state index is 0.0102. The van der Waals surface area contributed by atoms with Crippen molar-refractivity contribution in [1.29, 1.82) is 0 Å². The lowest BCUT2D eigenvalue weighted by atomic mass is 10.1. The molecule has 2 nitrogen and oxygen atoms in total. The third-order valence-corrected chi connectivity index (χ3v) is 1.85. The van der Waals surface area contributed by atoms with E-state index in [1.807, 2.05) is 13.0 Å². The number of hydrogen-bond acceptors (Lipinski definition) is 2. The second-order valence-electron chi connectivity index (χ2n) is 3.09. The van der Waals surface area contributed by atoms with Crippen molar-refractivity contribution in [3.05, 3.63) is 29.3 Å². The summed E-state index contributed by atoms with van der Waals surface area (Å²) in [5, 5.41) is 0. The fourth-order valence-electron chi connectivity index (χ4n) is 1.19. The third-order valence-electron chi connectivity index (χ3n) is 1.85. The van der Waals surface area contributed by atoms with Crippen molar-refractivity contribution >= 4 is 5.78 Å². The van der Waals surface area contributed by atoms with Gasteiger partial charge in [-0.25, -0.2) is 4.39 Å². The van der Waals surface area contributed by atoms with Gasteiger partial charge >= 0.3 is 0 Å². The second kappa shape index (κ2) is 4.74. The van der Waals surface area contributed by atoms with Gasteiger partial charge in [-0.15, -0.1) is 0 Å². The number of hydrogen-bond donors (Lipinski definition) is 0. The lowest BCUT2D eigenvalue weighted by molar-refractivity contribution is 0.101. The average molecular weight is 196 g/mol. The van der Waals surface area contributed by atoms with Crippen LogP contribution in [0.5, 0.6) is 5.75 Å². The molecule has 0 heterocycles. The fraction of sp³-hybridized carbons (Fsp3) is 0.364. The van der Waals surface area contributed by atoms with E-state index >= 15 is 0 Å². The van der Waals surface area contributed by atoms with E-state index in [-0.39, 0.29) is 12.4 Å². The predicted octanol–water partition coefficient (Wildman–Crippen LogP) is 2.55. The molecule has 76 valence electrons. The van der Waals surface area contributed by atoms with E-state index in [1.165, 1.54) is 6.92 Å². The number of halogens is 1. The van der Waals surface area contributed by atoms with Crippen molar-refractivity contribution in [2.45, 2.75) is 13.8 Å². The maximum atomic E-state index is 11.9. The van der Waals surface area contributed by atoms with Gasteiger partial charge in [0, 0.05) is 0 Å². The summed E-state index contributed by atoms with van der Waals surface area (Å²) in [4.78, 5) is 11.2. The lowest BCUT2D eigenvalue weighted by Gasteiger charge is -2.08. The highest BCUT2D eigenvalue weighted by Gasteiger charge is 2.07. The topological polar surface area (TPSA) is 26.3 Å². The largest absolute Gasteiger partial charge is 0.490 e. The van der Waals surface area contributed by atoms with Crippen LogP contribution in [0.3, 0.4) is 0 Å². The molecule has 0 aliphatic heterocycles. The van der Waals surface area contributed by atoms with Crippen LogP contribution >= 0.6 is 0 Å². The molecule has 0 spiro atoms. The first-order valence-electron chi connectivity index (χ1n) is 4.45. The molecule has 0 atom stereocenters. The van der Waals surface area contributed by atoms with Crippen molar-refractivity contribution in [1.82, 2.24) is 0 Å². The maximum absolute atomic E-state index is 11.9. The summed E-state index contributed by atoms with van der Waals surface area (Å²) < 4.78 is 17.0. The Balaban J connectivity index is 2.97. The highest BCUT2D eigenvalue weighted by atomic mass is 19.1. The van der Waals surface area contributed by atoms with E-state index in [4.69, 9.17) is 4.74 Å². The van der Waals surface area contributed by atoms with Crippen LogP contribution in [-0.2, 0) is 0 Å². The van der Waals surface area contributed by atoms with Crippen LogP contribution in [0.15, 0.2) is 18.2 Å². The molecule has 0 amide bonds. The van der Waals surface area contributed by atoms with Crippen LogP contribution < -0.4 is 4.74 Å². The Labute approximate surface area is 82.7 Å². The summed E-state index contributed by atoms with van der Waals surface area (Å²) in [6.45, 7) is 2.80. The zero-order valence-electron chi connectivity index (χ0n) is 8.34. The molecule has 0 aliphatic rings. The van der Waals surface area contributed by atoms with Crippen molar-refractivity contribution < 1.29 is 13.9 Å². The number of carbonyl (C=O) groups excluding carboxylic acids is 1. The van der Waals surface area contributed by atoms with Crippen molar-refractivity contribution in [3.63, 3.8) is 0 Å². The molecule has 1 aromatic carbocycles. The van der Waals surface area contributed by atoms with E-state index in [2.05, 4.69) is 0 Å². The molecule has 0 fully saturated rings. The summed E-state index contributed by atoms with van der Waals surface area (Å²) >= 11 is 0. The molecule has 0 aliphatic carbocycles. The summed E-state index contributed by atoms with van der Waals surface area (Å²) in [5.41, 5.74) is 1.49. The summed E-state index contributed by atoms with van der Waals surface area (Å²) in [5.74, 6) is 0.397. The quantitative estimate of drug-likeness (QED) is 0.692. The van der Waals surface area contributed by atoms with Crippen LogP contribution in [-0.4, -0.2) is 19.1 Å². The Kier molecular flexibility index (Phi) is 3.63. The molecule has 0 bridgehead atoms. The Hall–Kier alpha value is -1.38. The monoisotopic (exact) mass is 196 g/mol. The molecule has 0 aromatic heterocycles. The number of carbonyl (C=O) groups is 1. The van der Waals surface area contributed by atoms with Crippen LogP contribution in [0.2, 0.25) is 0 Å². The van der Waals surface area contributed by atoms with Gasteiger partial charge < -0.3 is 4.74 Å². The SMILES string of the molecule is CC(=O)c1ccc(C)cc1OCCF. The Morgan fingerprint density at radius 1 is 1.50 bits per heavy atom. The first-order chi connectivity index (χ1) is 6.65. The smallest absolute Gasteiger partial charge is 0.163 e. The minimum Gasteiger partial charge on any atom is -0.490 e. The van der Waals surface area contributed by atoms with Gasteiger partial charge in [0.1, 0.15) is 19.0 Å². The van der Waals surface area contributed by atoms with Gasteiger partial charge in [0.2, 0.25) is 0 Å². The van der Waals surface area contributed by atoms with E-state index in [0.29, 0.717) is 11.3 Å². The van der Waals surface area contributed by atoms with Crippen LogP contribution in [0.1, 0.15) is 22.8 Å². The molecule has 0 N–H and O–H groups in total. The number of rotatable bonds is 4. The van der Waals surface area contributed by atoms with E-state index in [0.717, 1.165) is 5.56 Å². The summed E-state index contributed by atoms with van der Waals surface area (Å²) in [6.07, 6.45) is 0. The fourth-order valence-corrected chi connectivity index (χ4v) is 1.19. The van der Waals surface area contributed by atoms with Crippen LogP contribution in [0, 0.1) is 6.92 Å². The Bertz CT molecular complexity index is 334. The van der Waals surface area contributed by atoms with Crippen molar-refractivity contribution in [3.8, 4) is 5.75 Å². The predicted molar refractivity (Wildman–Crippen MR) is 52.7 cm³/mol. The summed E-state index contributed by atoms with van der Waals surface area (Å²) in [6, 6.07) is 5.27. The summed E-state index contributed by atoms with van der Waals surface area (Å²) in [7, 11) is 0. The molecule has 14 heavy (non-hydrogen) atoms. The maximum Gasteiger partial charge on any atom is 0.163 e. The molecule has 0 unspecified atom stereocenters. The van der Waals surface area contributed by atoms with Gasteiger partial charge in [-0.1, -0.05) is 6.07 Å². The second-order valence-corrected chi connectivity index (χ2v) is 3.09. The lowest BCUT2D eigenvalue weighted by Crippen LogP contribution is -2.04. The first-order valence-corrected chi connectivity index (χ1v) is 4.45. The van der Waals surface area contributed by atoms with Gasteiger partial charge in [-0.3, -0.25) is 4.79 Å². The molecule has 0 saturated heterocycles. The van der Waals surface area contributed by atoms with Crippen molar-refractivity contribution in [2.24, 2.45) is 0 Å². The number of ether oxygens (including phenoxy) is 1. The van der Waals surface area contributed by atoms with E-state index in [9.17, 15) is 9.18 Å². The van der Waals surface area contributed by atoms with Gasteiger partial charge in [-0.2, -0.15) is 0 Å². The third kappa shape index (κ3) is 2.55. The first kappa shape index (κ1) is 10.7. The molecule has 0 radical (unpaired) electrons. The normalized spacial score (nSPS) is 9.93. The van der Waals surface area contributed by atoms with E-state index in [1.54, 1.807) is 12.1 Å². The molecule has 0 saturated carbocycles. The zero-order valence-corrected chi connectivity index (χ0v) is 8.34. The standard InChI is InChI=1S/C11H13FO2/c1-8-3-4-10(9(2)13)11(7-8)14-6-5-12/h3-4,7H,5-6H2,1-2H3. The molecular weight excluding hydrogens is 183 g/mol. The van der Waals surface area contributed by atoms with Crippen LogP contribution in [0.25, 0.3) is 0 Å². The Morgan fingerprint density at radius 2 is 2.21 bits per heavy atom. The van der Waals surface area contributed by atoms with Gasteiger partial charge in [0.25, 0.3) is 0 Å². The van der Waals surface area contributed by atoms with Gasteiger partial charge in [-0.05, 0) is 31.5 Å². The molecule has 1 rings (SSSR count). The average Bonchev–Trinajstić information content (AvgIpc) is 2.14. The van der Waals surface area contributed by atoms with Crippen molar-refractivity contribution in [2.75, 3.05) is 13.3 Å². The molecule has 1 aromatic rings. The molecular formula is C11H13FO2. The highest BCUT2D eigenvalue weighted by Crippen LogP contribution is 2.20. The highest BCUT2D eigenvalue weighted by molar-refractivity contribution is 5.96. The number of aryl methyl sites for hydroxylation is 1. The molecule has 3 heteroatoms.